The number of rotatable bonds is 5. The molecule has 2 amide bonds. The standard InChI is InChI=1S/C17H22F2N4O/c1-10(13-5-6-15(18)16(19)9-13)21-17(24)20-8-7-14-11(2)22-23(4)12(14)3/h5-6,9-10H,7-8H2,1-4H3,(H2,20,21,24)/t10-/m0/s1. The Morgan fingerprint density at radius 1 is 1.29 bits per heavy atom. The number of urea groups is 1. The van der Waals surface area contributed by atoms with Crippen LogP contribution in [0.5, 0.6) is 0 Å². The first-order chi connectivity index (χ1) is 11.3. The second kappa shape index (κ2) is 7.42. The van der Waals surface area contributed by atoms with Crippen molar-refractivity contribution in [3.63, 3.8) is 0 Å². The van der Waals surface area contributed by atoms with Crippen LogP contribution in [0, 0.1) is 25.5 Å². The van der Waals surface area contributed by atoms with Crippen molar-refractivity contribution in [1.82, 2.24) is 20.4 Å². The van der Waals surface area contributed by atoms with Gasteiger partial charge in [-0.25, -0.2) is 13.6 Å². The Balaban J connectivity index is 1.85. The lowest BCUT2D eigenvalue weighted by atomic mass is 10.1. The number of nitrogens with zero attached hydrogens (tertiary/aromatic N) is 2. The zero-order valence-corrected chi connectivity index (χ0v) is 14.3. The maximum absolute atomic E-state index is 13.2. The zero-order chi connectivity index (χ0) is 17.9. The molecule has 0 saturated heterocycles. The van der Waals surface area contributed by atoms with Crippen LogP contribution in [0.4, 0.5) is 13.6 Å². The van der Waals surface area contributed by atoms with Gasteiger partial charge in [0.1, 0.15) is 0 Å². The SMILES string of the molecule is Cc1nn(C)c(C)c1CCNC(=O)N[C@@H](C)c1ccc(F)c(F)c1. The lowest BCUT2D eigenvalue weighted by Crippen LogP contribution is -2.38. The molecule has 0 spiro atoms. The normalized spacial score (nSPS) is 12.1. The topological polar surface area (TPSA) is 59.0 Å². The monoisotopic (exact) mass is 336 g/mol. The average molecular weight is 336 g/mol. The van der Waals surface area contributed by atoms with Gasteiger partial charge < -0.3 is 10.6 Å². The molecule has 5 nitrogen and oxygen atoms in total. The highest BCUT2D eigenvalue weighted by Crippen LogP contribution is 2.16. The van der Waals surface area contributed by atoms with Gasteiger partial charge in [-0.05, 0) is 50.5 Å². The number of aryl methyl sites for hydroxylation is 2. The molecule has 1 aromatic heterocycles. The molecule has 0 unspecified atom stereocenters. The van der Waals surface area contributed by atoms with Crippen LogP contribution in [0.25, 0.3) is 0 Å². The van der Waals surface area contributed by atoms with Crippen LogP contribution in [-0.4, -0.2) is 22.4 Å². The quantitative estimate of drug-likeness (QED) is 0.882. The number of halogens is 2. The van der Waals surface area contributed by atoms with E-state index in [1.807, 2.05) is 25.6 Å². The molecule has 2 aromatic rings. The second-order valence-electron chi connectivity index (χ2n) is 5.82. The van der Waals surface area contributed by atoms with Crippen molar-refractivity contribution in [3.8, 4) is 0 Å². The van der Waals surface area contributed by atoms with Crippen molar-refractivity contribution < 1.29 is 13.6 Å². The number of carbonyl (C=O) groups excluding carboxylic acids is 1. The van der Waals surface area contributed by atoms with E-state index >= 15 is 0 Å². The Kier molecular flexibility index (Phi) is 5.54. The predicted octanol–water partition coefficient (Wildman–Crippen LogP) is 2.92. The van der Waals surface area contributed by atoms with E-state index in [0.29, 0.717) is 18.5 Å². The molecule has 1 aromatic carbocycles. The highest BCUT2D eigenvalue weighted by atomic mass is 19.2. The average Bonchev–Trinajstić information content (AvgIpc) is 2.76. The number of aromatic nitrogens is 2. The summed E-state index contributed by atoms with van der Waals surface area (Å²) in [6, 6.07) is 2.80. The van der Waals surface area contributed by atoms with Gasteiger partial charge in [0.15, 0.2) is 11.6 Å². The Hall–Kier alpha value is -2.44. The lowest BCUT2D eigenvalue weighted by Gasteiger charge is -2.15. The highest BCUT2D eigenvalue weighted by molar-refractivity contribution is 5.74. The Morgan fingerprint density at radius 2 is 2.00 bits per heavy atom. The molecule has 0 aliphatic heterocycles. The molecule has 2 N–H and O–H groups in total. The number of nitrogens with one attached hydrogen (secondary N) is 2. The first-order valence-electron chi connectivity index (χ1n) is 7.78. The van der Waals surface area contributed by atoms with Gasteiger partial charge >= 0.3 is 6.03 Å². The van der Waals surface area contributed by atoms with Gasteiger partial charge in [0.2, 0.25) is 0 Å². The Bertz CT molecular complexity index is 742. The van der Waals surface area contributed by atoms with E-state index in [1.54, 1.807) is 6.92 Å². The van der Waals surface area contributed by atoms with Gasteiger partial charge in [-0.2, -0.15) is 5.10 Å². The predicted molar refractivity (Wildman–Crippen MR) is 87.7 cm³/mol. The molecule has 0 aliphatic carbocycles. The zero-order valence-electron chi connectivity index (χ0n) is 14.3. The first kappa shape index (κ1) is 17.9. The molecule has 1 atom stereocenters. The summed E-state index contributed by atoms with van der Waals surface area (Å²) >= 11 is 0. The van der Waals surface area contributed by atoms with Gasteiger partial charge in [-0.1, -0.05) is 6.07 Å². The van der Waals surface area contributed by atoms with Crippen LogP contribution in [0.15, 0.2) is 18.2 Å². The highest BCUT2D eigenvalue weighted by Gasteiger charge is 2.13. The van der Waals surface area contributed by atoms with Crippen molar-refractivity contribution in [1.29, 1.82) is 0 Å². The first-order valence-corrected chi connectivity index (χ1v) is 7.78. The molecule has 0 fully saturated rings. The maximum Gasteiger partial charge on any atom is 0.315 e. The van der Waals surface area contributed by atoms with Crippen molar-refractivity contribution in [3.05, 3.63) is 52.3 Å². The van der Waals surface area contributed by atoms with E-state index < -0.39 is 17.7 Å². The van der Waals surface area contributed by atoms with Gasteiger partial charge in [-0.15, -0.1) is 0 Å². The fraction of sp³-hybridized carbons (Fsp3) is 0.412. The molecule has 130 valence electrons. The van der Waals surface area contributed by atoms with Crippen molar-refractivity contribution in [2.75, 3.05) is 6.54 Å². The fourth-order valence-corrected chi connectivity index (χ4v) is 2.59. The van der Waals surface area contributed by atoms with Gasteiger partial charge in [0.05, 0.1) is 11.7 Å². The van der Waals surface area contributed by atoms with E-state index in [9.17, 15) is 13.6 Å². The molecule has 2 rings (SSSR count). The number of hydrogen-bond acceptors (Lipinski definition) is 2. The van der Waals surface area contributed by atoms with E-state index in [-0.39, 0.29) is 6.03 Å². The Morgan fingerprint density at radius 3 is 2.58 bits per heavy atom. The fourth-order valence-electron chi connectivity index (χ4n) is 2.59. The Labute approximate surface area is 140 Å². The van der Waals surface area contributed by atoms with E-state index in [4.69, 9.17) is 0 Å². The third-order valence-electron chi connectivity index (χ3n) is 4.11. The van der Waals surface area contributed by atoms with Crippen molar-refractivity contribution >= 4 is 6.03 Å². The molecule has 1 heterocycles. The summed E-state index contributed by atoms with van der Waals surface area (Å²) in [4.78, 5) is 11.9. The van der Waals surface area contributed by atoms with Crippen LogP contribution in [0.2, 0.25) is 0 Å². The smallest absolute Gasteiger partial charge is 0.315 e. The number of carbonyl (C=O) groups is 1. The summed E-state index contributed by atoms with van der Waals surface area (Å²) in [6.45, 7) is 6.10. The summed E-state index contributed by atoms with van der Waals surface area (Å²) in [7, 11) is 1.88. The molecular formula is C17H22F2N4O. The third-order valence-corrected chi connectivity index (χ3v) is 4.11. The maximum atomic E-state index is 13.2. The number of benzene rings is 1. The van der Waals surface area contributed by atoms with Crippen molar-refractivity contribution in [2.24, 2.45) is 7.05 Å². The summed E-state index contributed by atoms with van der Waals surface area (Å²) < 4.78 is 28.0. The van der Waals surface area contributed by atoms with Crippen LogP contribution >= 0.6 is 0 Å². The molecule has 0 bridgehead atoms. The second-order valence-corrected chi connectivity index (χ2v) is 5.82. The molecule has 7 heteroatoms. The minimum absolute atomic E-state index is 0.355. The van der Waals surface area contributed by atoms with Crippen LogP contribution < -0.4 is 10.6 Å². The molecule has 24 heavy (non-hydrogen) atoms. The van der Waals surface area contributed by atoms with Crippen molar-refractivity contribution in [2.45, 2.75) is 33.2 Å². The number of amides is 2. The summed E-state index contributed by atoms with van der Waals surface area (Å²) in [6.07, 6.45) is 0.679. The molecule has 0 saturated carbocycles. The third kappa shape index (κ3) is 4.10. The summed E-state index contributed by atoms with van der Waals surface area (Å²) in [5, 5.41) is 9.80. The largest absolute Gasteiger partial charge is 0.338 e. The molecule has 0 aliphatic rings. The van der Waals surface area contributed by atoms with Crippen LogP contribution in [-0.2, 0) is 13.5 Å². The lowest BCUT2D eigenvalue weighted by molar-refractivity contribution is 0.238. The van der Waals surface area contributed by atoms with E-state index in [2.05, 4.69) is 15.7 Å². The number of hydrogen-bond donors (Lipinski definition) is 2. The summed E-state index contributed by atoms with van der Waals surface area (Å²) in [5.74, 6) is -1.83. The van der Waals surface area contributed by atoms with Crippen LogP contribution in [0.3, 0.4) is 0 Å². The van der Waals surface area contributed by atoms with E-state index in [1.165, 1.54) is 6.07 Å². The molecule has 0 radical (unpaired) electrons. The summed E-state index contributed by atoms with van der Waals surface area (Å²) in [5.41, 5.74) is 3.65. The van der Waals surface area contributed by atoms with E-state index in [0.717, 1.165) is 29.1 Å². The van der Waals surface area contributed by atoms with Gasteiger partial charge in [-0.3, -0.25) is 4.68 Å². The van der Waals surface area contributed by atoms with Gasteiger partial charge in [0.25, 0.3) is 0 Å². The minimum Gasteiger partial charge on any atom is -0.338 e. The minimum atomic E-state index is -0.927. The van der Waals surface area contributed by atoms with Crippen LogP contribution in [0.1, 0.15) is 35.5 Å². The van der Waals surface area contributed by atoms with Gasteiger partial charge in [0, 0.05) is 19.3 Å². The molecular weight excluding hydrogens is 314 g/mol.